The molecule has 1 heterocycles. The van der Waals surface area contributed by atoms with Crippen LogP contribution in [0, 0.1) is 0 Å². The number of carbonyl (C=O) groups is 1. The monoisotopic (exact) mass is 388 g/mol. The van der Waals surface area contributed by atoms with Gasteiger partial charge < -0.3 is 11.1 Å². The molecule has 1 amide bonds. The second-order valence-corrected chi connectivity index (χ2v) is 7.87. The molecule has 140 valence electrons. The number of rotatable bonds is 6. The highest BCUT2D eigenvalue weighted by Gasteiger charge is 2.27. The molecule has 0 saturated carbocycles. The van der Waals surface area contributed by atoms with Gasteiger partial charge in [0.2, 0.25) is 5.91 Å². The number of nitrogens with zero attached hydrogens (tertiary/aromatic N) is 1. The Morgan fingerprint density at radius 1 is 1.40 bits per heavy atom. The van der Waals surface area contributed by atoms with Crippen LogP contribution in [0.3, 0.4) is 0 Å². The molecule has 0 aromatic heterocycles. The molecule has 0 aliphatic carbocycles. The van der Waals surface area contributed by atoms with Gasteiger partial charge in [-0.15, -0.1) is 12.4 Å². The van der Waals surface area contributed by atoms with E-state index in [9.17, 15) is 13.2 Å². The van der Waals surface area contributed by atoms with E-state index in [-0.39, 0.29) is 23.2 Å². The van der Waals surface area contributed by atoms with E-state index in [0.717, 1.165) is 12.8 Å². The van der Waals surface area contributed by atoms with Crippen molar-refractivity contribution in [1.29, 1.82) is 0 Å². The number of anilines is 1. The van der Waals surface area contributed by atoms with Crippen LogP contribution in [0.15, 0.2) is 34.2 Å². The van der Waals surface area contributed by atoms with E-state index >= 15 is 0 Å². The fourth-order valence-electron chi connectivity index (χ4n) is 2.48. The van der Waals surface area contributed by atoms with Crippen LogP contribution in [-0.2, 0) is 14.8 Å². The fraction of sp³-hybridized carbons (Fsp3) is 0.500. The van der Waals surface area contributed by atoms with Gasteiger partial charge in [-0.05, 0) is 38.0 Å². The minimum Gasteiger partial charge on any atom is -0.324 e. The van der Waals surface area contributed by atoms with E-state index in [0.29, 0.717) is 30.9 Å². The van der Waals surface area contributed by atoms with E-state index in [4.69, 9.17) is 5.73 Å². The maximum absolute atomic E-state index is 12.4. The van der Waals surface area contributed by atoms with Crippen LogP contribution in [0.4, 0.5) is 5.69 Å². The van der Waals surface area contributed by atoms with Gasteiger partial charge in [0.25, 0.3) is 10.0 Å². The highest BCUT2D eigenvalue weighted by atomic mass is 35.5. The Labute approximate surface area is 154 Å². The molecule has 25 heavy (non-hydrogen) atoms. The van der Waals surface area contributed by atoms with Gasteiger partial charge in [0.15, 0.2) is 0 Å². The molecule has 0 fully saturated rings. The zero-order chi connectivity index (χ0) is 17.8. The molecule has 9 heteroatoms. The molecule has 1 aromatic rings. The van der Waals surface area contributed by atoms with Crippen molar-refractivity contribution in [2.45, 2.75) is 50.0 Å². The minimum atomic E-state index is -3.71. The average molecular weight is 389 g/mol. The third kappa shape index (κ3) is 5.69. The van der Waals surface area contributed by atoms with Gasteiger partial charge in [0.1, 0.15) is 5.84 Å². The zero-order valence-corrected chi connectivity index (χ0v) is 16.0. The molecule has 0 saturated heterocycles. The summed E-state index contributed by atoms with van der Waals surface area (Å²) in [5.74, 6) is 0.133. The van der Waals surface area contributed by atoms with Gasteiger partial charge in [-0.1, -0.05) is 19.4 Å². The number of hydrogen-bond donors (Lipinski definition) is 3. The lowest BCUT2D eigenvalue weighted by Gasteiger charge is -2.23. The van der Waals surface area contributed by atoms with E-state index < -0.39 is 15.6 Å². The first-order valence-electron chi connectivity index (χ1n) is 8.01. The van der Waals surface area contributed by atoms with Crippen molar-refractivity contribution in [3.63, 3.8) is 0 Å². The number of nitrogens with two attached hydrogens (primary N) is 1. The first-order valence-corrected chi connectivity index (χ1v) is 9.49. The molecule has 7 nitrogen and oxygen atoms in total. The first kappa shape index (κ1) is 21.4. The van der Waals surface area contributed by atoms with Crippen molar-refractivity contribution in [1.82, 2.24) is 4.72 Å². The van der Waals surface area contributed by atoms with Gasteiger partial charge in [0.05, 0.1) is 10.4 Å². The van der Waals surface area contributed by atoms with Gasteiger partial charge in [-0.2, -0.15) is 0 Å². The number of amidine groups is 1. The molecule has 1 atom stereocenters. The van der Waals surface area contributed by atoms with Crippen LogP contribution in [0.5, 0.6) is 0 Å². The number of carbonyl (C=O) groups excluding carboxylic acids is 1. The lowest BCUT2D eigenvalue weighted by atomic mass is 9.96. The number of sulfonamides is 1. The normalized spacial score (nSPS) is 16.4. The Hall–Kier alpha value is -1.64. The predicted octanol–water partition coefficient (Wildman–Crippen LogP) is 2.04. The number of hydrogen-bond acceptors (Lipinski definition) is 5. The van der Waals surface area contributed by atoms with Crippen molar-refractivity contribution in [2.75, 3.05) is 11.9 Å². The Morgan fingerprint density at radius 2 is 2.12 bits per heavy atom. The average Bonchev–Trinajstić information content (AvgIpc) is 2.99. The third-order valence-corrected chi connectivity index (χ3v) is 5.20. The largest absolute Gasteiger partial charge is 0.324 e. The maximum atomic E-state index is 12.4. The molecule has 4 N–H and O–H groups in total. The van der Waals surface area contributed by atoms with Crippen LogP contribution in [0.2, 0.25) is 0 Å². The van der Waals surface area contributed by atoms with Gasteiger partial charge >= 0.3 is 0 Å². The molecule has 0 spiro atoms. The standard InChI is InChI=1S/C16H24N4O3S.ClH/c1-3-9-16(2,17)15(21)19-12-6-4-7-13(11-12)24(22,23)20-14-8-5-10-18-14;/h4,6-7,11H,3,5,8-10,17H2,1-2H3,(H,18,20)(H,19,21);1H. The topological polar surface area (TPSA) is 114 Å². The van der Waals surface area contributed by atoms with Crippen LogP contribution >= 0.6 is 12.4 Å². The molecular weight excluding hydrogens is 364 g/mol. The lowest BCUT2D eigenvalue weighted by molar-refractivity contribution is -0.120. The zero-order valence-electron chi connectivity index (χ0n) is 14.4. The van der Waals surface area contributed by atoms with Gasteiger partial charge in [0, 0.05) is 18.7 Å². The van der Waals surface area contributed by atoms with E-state index in [1.807, 2.05) is 6.92 Å². The SMILES string of the molecule is CCCC(C)(N)C(=O)Nc1cccc(S(=O)(=O)NC2=NCCC2)c1.Cl. The molecule has 1 aliphatic heterocycles. The number of aliphatic imine (C=N–C) groups is 1. The van der Waals surface area contributed by atoms with Crippen molar-refractivity contribution in [3.8, 4) is 0 Å². The quantitative estimate of drug-likeness (QED) is 0.691. The molecule has 0 radical (unpaired) electrons. The molecule has 1 aliphatic rings. The summed E-state index contributed by atoms with van der Waals surface area (Å²) >= 11 is 0. The van der Waals surface area contributed by atoms with Crippen LogP contribution < -0.4 is 15.8 Å². The van der Waals surface area contributed by atoms with Gasteiger partial charge in [-0.3, -0.25) is 14.5 Å². The Balaban J connectivity index is 0.00000312. The maximum Gasteiger partial charge on any atom is 0.262 e. The molecule has 0 bridgehead atoms. The Bertz CT molecular complexity index is 748. The van der Waals surface area contributed by atoms with Crippen molar-refractivity contribution >= 4 is 39.9 Å². The first-order chi connectivity index (χ1) is 11.2. The van der Waals surface area contributed by atoms with Crippen molar-refractivity contribution < 1.29 is 13.2 Å². The van der Waals surface area contributed by atoms with E-state index in [1.54, 1.807) is 19.1 Å². The highest BCUT2D eigenvalue weighted by molar-refractivity contribution is 7.90. The van der Waals surface area contributed by atoms with Crippen molar-refractivity contribution in [2.24, 2.45) is 10.7 Å². The smallest absolute Gasteiger partial charge is 0.262 e. The van der Waals surface area contributed by atoms with E-state index in [2.05, 4.69) is 15.0 Å². The second-order valence-electron chi connectivity index (χ2n) is 6.19. The summed E-state index contributed by atoms with van der Waals surface area (Å²) in [7, 11) is -3.71. The summed E-state index contributed by atoms with van der Waals surface area (Å²) in [6.07, 6.45) is 2.79. The summed E-state index contributed by atoms with van der Waals surface area (Å²) in [6.45, 7) is 4.25. The van der Waals surface area contributed by atoms with E-state index in [1.165, 1.54) is 12.1 Å². The molecular formula is C16H25ClN4O3S. The summed E-state index contributed by atoms with van der Waals surface area (Å²) in [5.41, 5.74) is 5.39. The number of amides is 1. The number of nitrogens with one attached hydrogen (secondary N) is 2. The summed E-state index contributed by atoms with van der Waals surface area (Å²) in [6, 6.07) is 6.10. The Morgan fingerprint density at radius 3 is 2.72 bits per heavy atom. The molecule has 2 rings (SSSR count). The summed E-state index contributed by atoms with van der Waals surface area (Å²) in [4.78, 5) is 16.4. The predicted molar refractivity (Wildman–Crippen MR) is 102 cm³/mol. The second kappa shape index (κ2) is 8.64. The fourth-order valence-corrected chi connectivity index (χ4v) is 3.62. The highest BCUT2D eigenvalue weighted by Crippen LogP contribution is 2.18. The molecule has 1 unspecified atom stereocenters. The minimum absolute atomic E-state index is 0. The van der Waals surface area contributed by atoms with Crippen LogP contribution in [0.25, 0.3) is 0 Å². The lowest BCUT2D eigenvalue weighted by Crippen LogP contribution is -2.48. The molecule has 1 aromatic carbocycles. The number of halogens is 1. The Kier molecular flexibility index (Phi) is 7.40. The van der Waals surface area contributed by atoms with Crippen LogP contribution in [-0.4, -0.2) is 32.2 Å². The summed E-state index contributed by atoms with van der Waals surface area (Å²) < 4.78 is 27.3. The summed E-state index contributed by atoms with van der Waals surface area (Å²) in [5, 5.41) is 2.69. The number of benzene rings is 1. The van der Waals surface area contributed by atoms with Crippen molar-refractivity contribution in [3.05, 3.63) is 24.3 Å². The van der Waals surface area contributed by atoms with Gasteiger partial charge in [-0.25, -0.2) is 8.42 Å². The third-order valence-electron chi connectivity index (χ3n) is 3.82. The van der Waals surface area contributed by atoms with Crippen LogP contribution in [0.1, 0.15) is 39.5 Å².